The monoisotopic (exact) mass is 375 g/mol. The van der Waals surface area contributed by atoms with E-state index in [1.165, 1.54) is 33.3 Å². The molecule has 2 aliphatic heterocycles. The first kappa shape index (κ1) is 17.8. The number of H-pyrrole nitrogens is 1. The summed E-state index contributed by atoms with van der Waals surface area (Å²) in [5, 5.41) is 1.28. The number of benzene rings is 2. The van der Waals surface area contributed by atoms with Gasteiger partial charge in [0, 0.05) is 49.5 Å². The van der Waals surface area contributed by atoms with Crippen LogP contribution in [-0.2, 0) is 11.3 Å². The molecule has 146 valence electrons. The Morgan fingerprint density at radius 1 is 0.964 bits per heavy atom. The Hall–Kier alpha value is -2.30. The van der Waals surface area contributed by atoms with E-state index in [9.17, 15) is 0 Å². The third kappa shape index (κ3) is 3.21. The zero-order valence-corrected chi connectivity index (χ0v) is 17.0. The average Bonchev–Trinajstić information content (AvgIpc) is 3.13. The van der Waals surface area contributed by atoms with Gasteiger partial charge in [-0.25, -0.2) is 0 Å². The number of fused-ring (bicyclic) bond motifs is 2. The van der Waals surface area contributed by atoms with Crippen molar-refractivity contribution in [3.63, 3.8) is 0 Å². The molecule has 0 radical (unpaired) electrons. The van der Waals surface area contributed by atoms with Crippen LogP contribution in [0.2, 0.25) is 0 Å². The molecule has 1 saturated heterocycles. The van der Waals surface area contributed by atoms with Crippen LogP contribution >= 0.6 is 0 Å². The Kier molecular flexibility index (Phi) is 4.41. The molecule has 1 N–H and O–H groups in total. The lowest BCUT2D eigenvalue weighted by Gasteiger charge is -2.38. The minimum Gasteiger partial charge on any atom is -0.372 e. The van der Waals surface area contributed by atoms with Crippen LogP contribution in [0.15, 0.2) is 48.7 Å². The highest BCUT2D eigenvalue weighted by Crippen LogP contribution is 2.36. The third-order valence-electron chi connectivity index (χ3n) is 6.20. The predicted molar refractivity (Wildman–Crippen MR) is 115 cm³/mol. The topological polar surface area (TPSA) is 31.5 Å². The van der Waals surface area contributed by atoms with Gasteiger partial charge in [-0.15, -0.1) is 0 Å². The summed E-state index contributed by atoms with van der Waals surface area (Å²) in [5.74, 6) is 0.415. The number of nitrogens with one attached hydrogen (secondary N) is 1. The van der Waals surface area contributed by atoms with Gasteiger partial charge in [0.2, 0.25) is 0 Å². The van der Waals surface area contributed by atoms with Crippen LogP contribution in [0.25, 0.3) is 10.9 Å². The normalized spacial score (nSPS) is 25.8. The first-order valence-electron chi connectivity index (χ1n) is 10.4. The molecule has 3 atom stereocenters. The van der Waals surface area contributed by atoms with E-state index in [1.54, 1.807) is 0 Å². The summed E-state index contributed by atoms with van der Waals surface area (Å²) in [4.78, 5) is 8.29. The lowest BCUT2D eigenvalue weighted by atomic mass is 9.84. The minimum atomic E-state index is 0.280. The largest absolute Gasteiger partial charge is 0.372 e. The van der Waals surface area contributed by atoms with Gasteiger partial charge in [0.05, 0.1) is 12.2 Å². The minimum absolute atomic E-state index is 0.280. The zero-order chi connectivity index (χ0) is 19.3. The Morgan fingerprint density at radius 2 is 1.79 bits per heavy atom. The van der Waals surface area contributed by atoms with Crippen LogP contribution in [0.1, 0.15) is 36.5 Å². The van der Waals surface area contributed by atoms with Gasteiger partial charge in [-0.1, -0.05) is 18.2 Å². The molecule has 5 rings (SSSR count). The predicted octanol–water partition coefficient (Wildman–Crippen LogP) is 4.36. The smallest absolute Gasteiger partial charge is 0.0726 e. The van der Waals surface area contributed by atoms with E-state index in [-0.39, 0.29) is 12.2 Å². The fraction of sp³-hybridized carbons (Fsp3) is 0.417. The van der Waals surface area contributed by atoms with Crippen molar-refractivity contribution in [2.24, 2.45) is 0 Å². The quantitative estimate of drug-likeness (QED) is 0.722. The molecule has 4 nitrogen and oxygen atoms in total. The summed E-state index contributed by atoms with van der Waals surface area (Å²) in [7, 11) is 2.23. The van der Waals surface area contributed by atoms with Crippen LogP contribution in [0, 0.1) is 0 Å². The molecular formula is C24H29N3O. The van der Waals surface area contributed by atoms with Gasteiger partial charge >= 0.3 is 0 Å². The molecule has 1 aromatic heterocycles. The van der Waals surface area contributed by atoms with Gasteiger partial charge in [0.1, 0.15) is 0 Å². The Morgan fingerprint density at radius 3 is 2.61 bits per heavy atom. The molecule has 2 aliphatic rings. The van der Waals surface area contributed by atoms with E-state index < -0.39 is 0 Å². The van der Waals surface area contributed by atoms with E-state index in [4.69, 9.17) is 4.74 Å². The van der Waals surface area contributed by atoms with E-state index in [2.05, 4.69) is 78.1 Å². The number of hydrogen-bond acceptors (Lipinski definition) is 3. The molecule has 0 amide bonds. The first-order chi connectivity index (χ1) is 13.6. The number of rotatable bonds is 2. The van der Waals surface area contributed by atoms with Gasteiger partial charge in [-0.2, -0.15) is 0 Å². The SMILES string of the molecule is CC1CN(c2ccc3c(c2)CN(C)CC3c2ccc3cc[nH]c3c2)CC(C)O1. The molecule has 4 heteroatoms. The number of hydrogen-bond donors (Lipinski definition) is 1. The second-order valence-corrected chi connectivity index (χ2v) is 8.62. The van der Waals surface area contributed by atoms with Crippen molar-refractivity contribution in [2.45, 2.75) is 38.5 Å². The molecular weight excluding hydrogens is 346 g/mol. The molecule has 28 heavy (non-hydrogen) atoms. The number of morpholine rings is 1. The Labute approximate surface area is 167 Å². The molecule has 3 unspecified atom stereocenters. The number of nitrogens with zero attached hydrogens (tertiary/aromatic N) is 2. The summed E-state index contributed by atoms with van der Waals surface area (Å²) >= 11 is 0. The molecule has 3 aromatic rings. The maximum atomic E-state index is 5.92. The number of aromatic amines is 1. The van der Waals surface area contributed by atoms with Crippen molar-refractivity contribution in [1.29, 1.82) is 0 Å². The highest BCUT2D eigenvalue weighted by molar-refractivity contribution is 5.80. The van der Waals surface area contributed by atoms with E-state index in [1.807, 2.05) is 6.20 Å². The summed E-state index contributed by atoms with van der Waals surface area (Å²) < 4.78 is 5.92. The molecule has 0 saturated carbocycles. The third-order valence-corrected chi connectivity index (χ3v) is 6.20. The van der Waals surface area contributed by atoms with Gasteiger partial charge in [-0.05, 0) is 67.2 Å². The molecule has 0 aliphatic carbocycles. The number of aromatic nitrogens is 1. The van der Waals surface area contributed by atoms with Crippen LogP contribution in [0.4, 0.5) is 5.69 Å². The van der Waals surface area contributed by atoms with E-state index in [0.717, 1.165) is 26.2 Å². The fourth-order valence-electron chi connectivity index (χ4n) is 4.99. The highest BCUT2D eigenvalue weighted by atomic mass is 16.5. The standard InChI is InChI=1S/C24H29N3O/c1-16-12-27(13-17(2)28-16)21-6-7-22-20(10-21)14-26(3)15-23(22)19-5-4-18-8-9-25-24(18)11-19/h4-11,16-17,23,25H,12-15H2,1-3H3. The summed E-state index contributed by atoms with van der Waals surface area (Å²) in [6, 6.07) is 16.1. The second-order valence-electron chi connectivity index (χ2n) is 8.62. The van der Waals surface area contributed by atoms with E-state index >= 15 is 0 Å². The van der Waals surface area contributed by atoms with Crippen LogP contribution in [0.5, 0.6) is 0 Å². The van der Waals surface area contributed by atoms with Crippen LogP contribution in [-0.4, -0.2) is 48.8 Å². The number of ether oxygens (including phenoxy) is 1. The summed E-state index contributed by atoms with van der Waals surface area (Å²) in [5.41, 5.74) is 6.87. The lowest BCUT2D eigenvalue weighted by Crippen LogP contribution is -2.45. The van der Waals surface area contributed by atoms with Crippen molar-refractivity contribution in [2.75, 3.05) is 31.6 Å². The highest BCUT2D eigenvalue weighted by Gasteiger charge is 2.27. The van der Waals surface area contributed by atoms with Gasteiger partial charge in [-0.3, -0.25) is 0 Å². The average molecular weight is 376 g/mol. The van der Waals surface area contributed by atoms with Crippen molar-refractivity contribution in [3.05, 3.63) is 65.4 Å². The lowest BCUT2D eigenvalue weighted by molar-refractivity contribution is -0.00522. The van der Waals surface area contributed by atoms with Crippen molar-refractivity contribution >= 4 is 16.6 Å². The number of anilines is 1. The maximum Gasteiger partial charge on any atom is 0.0726 e. The maximum absolute atomic E-state index is 5.92. The molecule has 3 heterocycles. The molecule has 0 bridgehead atoms. The van der Waals surface area contributed by atoms with Gasteiger partial charge in [0.15, 0.2) is 0 Å². The Bertz CT molecular complexity index is 984. The zero-order valence-electron chi connectivity index (χ0n) is 17.0. The van der Waals surface area contributed by atoms with Crippen LogP contribution < -0.4 is 4.90 Å². The summed E-state index contributed by atoms with van der Waals surface area (Å²) in [6.07, 6.45) is 2.58. The first-order valence-corrected chi connectivity index (χ1v) is 10.4. The van der Waals surface area contributed by atoms with Crippen molar-refractivity contribution < 1.29 is 4.74 Å². The van der Waals surface area contributed by atoms with E-state index in [0.29, 0.717) is 5.92 Å². The Balaban J connectivity index is 1.50. The molecule has 1 fully saturated rings. The number of likely N-dealkylation sites (N-methyl/N-ethyl adjacent to an activating group) is 1. The van der Waals surface area contributed by atoms with Gasteiger partial charge < -0.3 is 19.5 Å². The fourth-order valence-corrected chi connectivity index (χ4v) is 4.99. The van der Waals surface area contributed by atoms with Crippen LogP contribution in [0.3, 0.4) is 0 Å². The summed E-state index contributed by atoms with van der Waals surface area (Å²) in [6.45, 7) is 8.34. The molecule has 2 aromatic carbocycles. The molecule has 0 spiro atoms. The van der Waals surface area contributed by atoms with Crippen molar-refractivity contribution in [3.8, 4) is 0 Å². The second kappa shape index (κ2) is 6.94. The van der Waals surface area contributed by atoms with Gasteiger partial charge in [0.25, 0.3) is 0 Å². The van der Waals surface area contributed by atoms with Crippen molar-refractivity contribution in [1.82, 2.24) is 9.88 Å².